The molecule has 2 saturated heterocycles. The lowest BCUT2D eigenvalue weighted by Gasteiger charge is -2.34. The van der Waals surface area contributed by atoms with Crippen molar-refractivity contribution in [2.45, 2.75) is 39.5 Å². The molecule has 2 N–H and O–H groups in total. The summed E-state index contributed by atoms with van der Waals surface area (Å²) in [6.45, 7) is 9.41. The minimum atomic E-state index is -0.324. The number of nitrogens with one attached hydrogen (secondary N) is 2. The molecule has 2 aliphatic rings. The van der Waals surface area contributed by atoms with Crippen LogP contribution in [0.4, 0.5) is 19.2 Å². The molecule has 0 atom stereocenters. The van der Waals surface area contributed by atoms with E-state index in [9.17, 15) is 19.2 Å². The number of unbranched alkanes of at least 4 members (excludes halogenated alkanes) is 3. The third-order valence-electron chi connectivity index (χ3n) is 5.84. The molecule has 0 aromatic heterocycles. The minimum Gasteiger partial charge on any atom is -0.450 e. The summed E-state index contributed by atoms with van der Waals surface area (Å²) in [4.78, 5) is 54.6. The van der Waals surface area contributed by atoms with Crippen molar-refractivity contribution in [2.24, 2.45) is 0 Å². The first kappa shape index (κ1) is 27.3. The average molecular weight is 485 g/mol. The van der Waals surface area contributed by atoms with Crippen molar-refractivity contribution < 1.29 is 28.7 Å². The van der Waals surface area contributed by atoms with Crippen molar-refractivity contribution in [3.8, 4) is 0 Å². The number of ether oxygens (including phenoxy) is 2. The summed E-state index contributed by atoms with van der Waals surface area (Å²) in [6.07, 6.45) is 3.03. The number of nitrogens with zero attached hydrogens (tertiary/aromatic N) is 4. The number of carbonyl (C=O) groups is 4. The third-order valence-corrected chi connectivity index (χ3v) is 5.84. The van der Waals surface area contributed by atoms with Crippen LogP contribution in [0.3, 0.4) is 0 Å². The zero-order valence-corrected chi connectivity index (χ0v) is 20.6. The Bertz CT molecular complexity index is 606. The first-order valence-corrected chi connectivity index (χ1v) is 12.3. The highest BCUT2D eigenvalue weighted by atomic mass is 16.6. The van der Waals surface area contributed by atoms with Crippen LogP contribution < -0.4 is 10.6 Å². The third kappa shape index (κ3) is 9.14. The van der Waals surface area contributed by atoms with Crippen LogP contribution >= 0.6 is 0 Å². The summed E-state index contributed by atoms with van der Waals surface area (Å²) in [5.74, 6) is 0. The molecule has 2 fully saturated rings. The number of urea groups is 2. The van der Waals surface area contributed by atoms with Crippen molar-refractivity contribution in [1.29, 1.82) is 0 Å². The topological polar surface area (TPSA) is 124 Å². The van der Waals surface area contributed by atoms with Crippen molar-refractivity contribution in [2.75, 3.05) is 78.7 Å². The summed E-state index contributed by atoms with van der Waals surface area (Å²) in [5, 5.41) is 5.86. The van der Waals surface area contributed by atoms with Crippen molar-refractivity contribution in [3.63, 3.8) is 0 Å². The number of piperazine rings is 2. The van der Waals surface area contributed by atoms with Gasteiger partial charge in [-0.3, -0.25) is 0 Å². The second kappa shape index (κ2) is 15.1. The van der Waals surface area contributed by atoms with Gasteiger partial charge >= 0.3 is 24.2 Å². The van der Waals surface area contributed by atoms with E-state index in [-0.39, 0.29) is 24.2 Å². The highest BCUT2D eigenvalue weighted by Crippen LogP contribution is 2.06. The summed E-state index contributed by atoms with van der Waals surface area (Å²) in [5.41, 5.74) is 0. The van der Waals surface area contributed by atoms with Crippen LogP contribution in [0, 0.1) is 0 Å². The largest absolute Gasteiger partial charge is 0.450 e. The fourth-order valence-electron chi connectivity index (χ4n) is 3.83. The zero-order valence-electron chi connectivity index (χ0n) is 20.6. The van der Waals surface area contributed by atoms with Crippen LogP contribution in [0.15, 0.2) is 0 Å². The predicted octanol–water partition coefficient (Wildman–Crippen LogP) is 1.51. The van der Waals surface area contributed by atoms with Crippen LogP contribution in [0.2, 0.25) is 0 Å². The van der Waals surface area contributed by atoms with Crippen LogP contribution in [0.5, 0.6) is 0 Å². The van der Waals surface area contributed by atoms with E-state index < -0.39 is 0 Å². The number of amides is 6. The highest BCUT2D eigenvalue weighted by molar-refractivity contribution is 5.75. The Kier molecular flexibility index (Phi) is 12.1. The number of rotatable bonds is 9. The summed E-state index contributed by atoms with van der Waals surface area (Å²) >= 11 is 0. The van der Waals surface area contributed by atoms with Crippen LogP contribution in [0.25, 0.3) is 0 Å². The fraction of sp³-hybridized carbons (Fsp3) is 0.818. The van der Waals surface area contributed by atoms with Gasteiger partial charge in [-0.15, -0.1) is 0 Å². The van der Waals surface area contributed by atoms with Gasteiger partial charge in [-0.2, -0.15) is 0 Å². The van der Waals surface area contributed by atoms with Crippen molar-refractivity contribution in [1.82, 2.24) is 30.2 Å². The molecule has 0 aliphatic carbocycles. The predicted molar refractivity (Wildman–Crippen MR) is 126 cm³/mol. The van der Waals surface area contributed by atoms with Gasteiger partial charge in [0.15, 0.2) is 0 Å². The molecule has 2 aliphatic heterocycles. The lowest BCUT2D eigenvalue weighted by molar-refractivity contribution is 0.0848. The SMILES string of the molecule is CCOC(=O)N1CCN(C(=O)NCCCCCCNC(=O)N2CCN(C(=O)OCC)CC2)CC1. The lowest BCUT2D eigenvalue weighted by Crippen LogP contribution is -2.53. The molecule has 0 spiro atoms. The number of hydrogen-bond donors (Lipinski definition) is 2. The molecule has 0 bridgehead atoms. The summed E-state index contributed by atoms with van der Waals surface area (Å²) in [6, 6.07) is -0.197. The molecule has 0 unspecified atom stereocenters. The summed E-state index contributed by atoms with van der Waals surface area (Å²) < 4.78 is 9.97. The van der Waals surface area contributed by atoms with Crippen molar-refractivity contribution in [3.05, 3.63) is 0 Å². The quantitative estimate of drug-likeness (QED) is 0.478. The second-order valence-electron chi connectivity index (χ2n) is 8.22. The molecule has 194 valence electrons. The van der Waals surface area contributed by atoms with E-state index in [1.807, 2.05) is 0 Å². The van der Waals surface area contributed by atoms with Gasteiger partial charge in [0.05, 0.1) is 13.2 Å². The van der Waals surface area contributed by atoms with Gasteiger partial charge in [0.25, 0.3) is 0 Å². The molecule has 34 heavy (non-hydrogen) atoms. The molecule has 0 aromatic rings. The Morgan fingerprint density at radius 2 is 0.882 bits per heavy atom. The zero-order chi connectivity index (χ0) is 24.8. The molecule has 12 nitrogen and oxygen atoms in total. The van der Waals surface area contributed by atoms with Gasteiger partial charge in [-0.1, -0.05) is 12.8 Å². The van der Waals surface area contributed by atoms with Crippen molar-refractivity contribution >= 4 is 24.2 Å². The molecule has 0 aromatic carbocycles. The van der Waals surface area contributed by atoms with Crippen LogP contribution in [-0.2, 0) is 9.47 Å². The Hall–Kier alpha value is -2.92. The maximum Gasteiger partial charge on any atom is 0.409 e. The Labute approximate surface area is 201 Å². The van der Waals surface area contributed by atoms with E-state index in [1.165, 1.54) is 0 Å². The Morgan fingerprint density at radius 3 is 1.21 bits per heavy atom. The molecular formula is C22H40N6O6. The molecule has 0 saturated carbocycles. The van der Waals surface area contributed by atoms with E-state index in [1.54, 1.807) is 33.4 Å². The molecule has 12 heteroatoms. The van der Waals surface area contributed by atoms with Gasteiger partial charge in [0, 0.05) is 65.4 Å². The Balaban J connectivity index is 1.45. The van der Waals surface area contributed by atoms with E-state index in [0.29, 0.717) is 78.7 Å². The normalized spacial score (nSPS) is 16.2. The standard InChI is InChI=1S/C22H40N6O6/c1-3-33-21(31)27-15-11-25(12-16-27)19(29)23-9-7-5-6-8-10-24-20(30)26-13-17-28(18-14-26)22(32)34-4-2/h3-18H2,1-2H3,(H,23,29)(H,24,30). The first-order valence-electron chi connectivity index (χ1n) is 12.3. The lowest BCUT2D eigenvalue weighted by atomic mass is 10.2. The van der Waals surface area contributed by atoms with Gasteiger partial charge in [0.2, 0.25) is 0 Å². The second-order valence-corrected chi connectivity index (χ2v) is 8.22. The maximum atomic E-state index is 12.3. The van der Waals surface area contributed by atoms with Gasteiger partial charge in [-0.05, 0) is 26.7 Å². The molecular weight excluding hydrogens is 444 g/mol. The number of hydrogen-bond acceptors (Lipinski definition) is 6. The number of carbonyl (C=O) groups excluding carboxylic acids is 4. The average Bonchev–Trinajstić information content (AvgIpc) is 2.85. The van der Waals surface area contributed by atoms with E-state index in [2.05, 4.69) is 10.6 Å². The van der Waals surface area contributed by atoms with E-state index in [0.717, 1.165) is 25.7 Å². The van der Waals surface area contributed by atoms with Crippen LogP contribution in [0.1, 0.15) is 39.5 Å². The molecule has 6 amide bonds. The smallest absolute Gasteiger partial charge is 0.409 e. The summed E-state index contributed by atoms with van der Waals surface area (Å²) in [7, 11) is 0. The highest BCUT2D eigenvalue weighted by Gasteiger charge is 2.25. The Morgan fingerprint density at radius 1 is 0.559 bits per heavy atom. The maximum absolute atomic E-state index is 12.3. The van der Waals surface area contributed by atoms with Gasteiger partial charge in [0.1, 0.15) is 0 Å². The molecule has 0 radical (unpaired) electrons. The van der Waals surface area contributed by atoms with Gasteiger partial charge < -0.3 is 39.7 Å². The van der Waals surface area contributed by atoms with Gasteiger partial charge in [-0.25, -0.2) is 19.2 Å². The minimum absolute atomic E-state index is 0.0983. The monoisotopic (exact) mass is 484 g/mol. The molecule has 2 rings (SSSR count). The first-order chi connectivity index (χ1) is 16.5. The van der Waals surface area contributed by atoms with Crippen LogP contribution in [-0.4, -0.2) is 123 Å². The molecule has 2 heterocycles. The fourth-order valence-corrected chi connectivity index (χ4v) is 3.83. The van der Waals surface area contributed by atoms with E-state index >= 15 is 0 Å². The van der Waals surface area contributed by atoms with E-state index in [4.69, 9.17) is 9.47 Å².